The van der Waals surface area contributed by atoms with Gasteiger partial charge in [-0.05, 0) is 29.8 Å². The van der Waals surface area contributed by atoms with Gasteiger partial charge in [0.25, 0.3) is 0 Å². The minimum Gasteiger partial charge on any atom is -0.494 e. The number of amides is 1. The summed E-state index contributed by atoms with van der Waals surface area (Å²) in [6.07, 6.45) is -0.0305. The molecular formula is C19H19NO6. The number of aliphatic carboxylic acids is 1. The van der Waals surface area contributed by atoms with Crippen molar-refractivity contribution in [3.63, 3.8) is 0 Å². The van der Waals surface area contributed by atoms with Crippen molar-refractivity contribution < 1.29 is 29.0 Å². The van der Waals surface area contributed by atoms with Crippen molar-refractivity contribution >= 4 is 18.3 Å². The van der Waals surface area contributed by atoms with E-state index in [0.717, 1.165) is 11.8 Å². The van der Waals surface area contributed by atoms with Gasteiger partial charge in [0.05, 0.1) is 6.61 Å². The van der Waals surface area contributed by atoms with Crippen LogP contribution < -0.4 is 10.1 Å². The summed E-state index contributed by atoms with van der Waals surface area (Å²) in [5, 5.41) is 11.5. The molecule has 136 valence electrons. The van der Waals surface area contributed by atoms with Crippen molar-refractivity contribution in [3.05, 3.63) is 65.7 Å². The number of carbonyl (C=O) groups excluding carboxylic acids is 2. The average Bonchev–Trinajstić information content (AvgIpc) is 2.67. The molecule has 0 aliphatic carbocycles. The summed E-state index contributed by atoms with van der Waals surface area (Å²) in [6, 6.07) is 14.3. The molecule has 26 heavy (non-hydrogen) atoms. The van der Waals surface area contributed by atoms with Crippen LogP contribution in [0.4, 0.5) is 4.79 Å². The second-order valence-electron chi connectivity index (χ2n) is 5.42. The molecule has 0 aromatic heterocycles. The van der Waals surface area contributed by atoms with Crippen LogP contribution in [0.2, 0.25) is 0 Å². The van der Waals surface area contributed by atoms with E-state index in [1.807, 2.05) is 18.2 Å². The van der Waals surface area contributed by atoms with Gasteiger partial charge in [-0.2, -0.15) is 0 Å². The normalized spacial score (nSPS) is 11.2. The number of carbonyl (C=O) groups is 3. The summed E-state index contributed by atoms with van der Waals surface area (Å²) < 4.78 is 10.4. The van der Waals surface area contributed by atoms with Crippen LogP contribution in [0.1, 0.15) is 22.3 Å². The van der Waals surface area contributed by atoms with Gasteiger partial charge < -0.3 is 19.9 Å². The van der Waals surface area contributed by atoms with Gasteiger partial charge in [-0.25, -0.2) is 9.59 Å². The Kier molecular flexibility index (Phi) is 7.17. The van der Waals surface area contributed by atoms with Crippen LogP contribution in [0.5, 0.6) is 5.75 Å². The third-order valence-electron chi connectivity index (χ3n) is 3.49. The first-order valence-corrected chi connectivity index (χ1v) is 7.96. The van der Waals surface area contributed by atoms with Crippen molar-refractivity contribution in [2.24, 2.45) is 0 Å². The number of hydrogen-bond donors (Lipinski definition) is 2. The minimum atomic E-state index is -1.18. The molecule has 7 nitrogen and oxygen atoms in total. The standard InChI is InChI=1S/C19H19NO6/c21-12-14-6-8-16(9-7-14)25-11-10-17(18(22)23)20-19(24)26-13-15-4-2-1-3-5-15/h1-9,12,17H,10-11,13H2,(H,20,24)(H,22,23)/t17-/m0/s1. The molecule has 2 rings (SSSR count). The van der Waals surface area contributed by atoms with Gasteiger partial charge in [0.1, 0.15) is 24.7 Å². The van der Waals surface area contributed by atoms with Gasteiger partial charge in [-0.3, -0.25) is 4.79 Å². The lowest BCUT2D eigenvalue weighted by Crippen LogP contribution is -2.42. The lowest BCUT2D eigenvalue weighted by Gasteiger charge is -2.15. The average molecular weight is 357 g/mol. The molecule has 2 aromatic rings. The molecule has 0 aliphatic rings. The van der Waals surface area contributed by atoms with Crippen LogP contribution in [-0.4, -0.2) is 36.1 Å². The fraction of sp³-hybridized carbons (Fsp3) is 0.211. The van der Waals surface area contributed by atoms with Gasteiger partial charge in [-0.1, -0.05) is 30.3 Å². The second-order valence-corrected chi connectivity index (χ2v) is 5.42. The molecule has 2 aromatic carbocycles. The number of carboxylic acid groups (broad SMARTS) is 1. The Labute approximate surface area is 150 Å². The first kappa shape index (κ1) is 19.0. The van der Waals surface area contributed by atoms with Crippen molar-refractivity contribution in [2.45, 2.75) is 19.1 Å². The van der Waals surface area contributed by atoms with Gasteiger partial charge in [0.15, 0.2) is 0 Å². The monoisotopic (exact) mass is 357 g/mol. The molecule has 0 radical (unpaired) electrons. The minimum absolute atomic E-state index is 0.0542. The van der Waals surface area contributed by atoms with Crippen molar-refractivity contribution in [3.8, 4) is 5.75 Å². The number of benzene rings is 2. The summed E-state index contributed by atoms with van der Waals surface area (Å²) in [5.74, 6) is -0.673. The molecule has 1 amide bonds. The first-order valence-electron chi connectivity index (χ1n) is 7.96. The van der Waals surface area contributed by atoms with Crippen LogP contribution in [0, 0.1) is 0 Å². The fourth-order valence-electron chi connectivity index (χ4n) is 2.10. The highest BCUT2D eigenvalue weighted by Gasteiger charge is 2.20. The van der Waals surface area contributed by atoms with E-state index in [1.165, 1.54) is 0 Å². The first-order chi connectivity index (χ1) is 12.6. The topological polar surface area (TPSA) is 102 Å². The third-order valence-corrected chi connectivity index (χ3v) is 3.49. The van der Waals surface area contributed by atoms with E-state index >= 15 is 0 Å². The second kappa shape index (κ2) is 9.83. The zero-order valence-corrected chi connectivity index (χ0v) is 14.0. The number of carboxylic acids is 1. The maximum Gasteiger partial charge on any atom is 0.408 e. The van der Waals surface area contributed by atoms with Crippen molar-refractivity contribution in [1.29, 1.82) is 0 Å². The predicted octanol–water partition coefficient (Wildman–Crippen LogP) is 2.65. The van der Waals surface area contributed by atoms with Crippen LogP contribution in [0.15, 0.2) is 54.6 Å². The lowest BCUT2D eigenvalue weighted by atomic mass is 10.2. The lowest BCUT2D eigenvalue weighted by molar-refractivity contribution is -0.139. The quantitative estimate of drug-likeness (QED) is 0.669. The Morgan fingerprint density at radius 2 is 1.77 bits per heavy atom. The maximum atomic E-state index is 11.8. The number of rotatable bonds is 9. The van der Waals surface area contributed by atoms with Crippen LogP contribution >= 0.6 is 0 Å². The Hall–Kier alpha value is -3.35. The zero-order valence-electron chi connectivity index (χ0n) is 14.0. The Bertz CT molecular complexity index is 729. The van der Waals surface area contributed by atoms with Gasteiger partial charge in [-0.15, -0.1) is 0 Å². The number of nitrogens with one attached hydrogen (secondary N) is 1. The van der Waals surface area contributed by atoms with E-state index in [4.69, 9.17) is 9.47 Å². The smallest absolute Gasteiger partial charge is 0.408 e. The molecular weight excluding hydrogens is 338 g/mol. The van der Waals surface area contributed by atoms with Crippen LogP contribution in [0.3, 0.4) is 0 Å². The van der Waals surface area contributed by atoms with Crippen molar-refractivity contribution in [2.75, 3.05) is 6.61 Å². The van der Waals surface area contributed by atoms with E-state index in [1.54, 1.807) is 36.4 Å². The molecule has 0 spiro atoms. The van der Waals surface area contributed by atoms with E-state index in [0.29, 0.717) is 11.3 Å². The largest absolute Gasteiger partial charge is 0.494 e. The molecule has 0 saturated carbocycles. The third kappa shape index (κ3) is 6.27. The summed E-state index contributed by atoms with van der Waals surface area (Å²) in [5.41, 5.74) is 1.32. The highest BCUT2D eigenvalue weighted by Crippen LogP contribution is 2.11. The molecule has 0 unspecified atom stereocenters. The Morgan fingerprint density at radius 3 is 2.38 bits per heavy atom. The highest BCUT2D eigenvalue weighted by atomic mass is 16.5. The van der Waals surface area contributed by atoms with E-state index in [-0.39, 0.29) is 19.6 Å². The molecule has 0 saturated heterocycles. The number of ether oxygens (including phenoxy) is 2. The van der Waals surface area contributed by atoms with Gasteiger partial charge >= 0.3 is 12.1 Å². The number of aldehydes is 1. The molecule has 0 heterocycles. The number of hydrogen-bond acceptors (Lipinski definition) is 5. The summed E-state index contributed by atoms with van der Waals surface area (Å²) in [4.78, 5) is 33.6. The predicted molar refractivity (Wildman–Crippen MR) is 93.1 cm³/mol. The summed E-state index contributed by atoms with van der Waals surface area (Å²) >= 11 is 0. The van der Waals surface area contributed by atoms with E-state index in [2.05, 4.69) is 5.32 Å². The Balaban J connectivity index is 1.77. The molecule has 0 aliphatic heterocycles. The number of alkyl carbamates (subject to hydrolysis) is 1. The molecule has 7 heteroatoms. The highest BCUT2D eigenvalue weighted by molar-refractivity contribution is 5.79. The fourth-order valence-corrected chi connectivity index (χ4v) is 2.10. The Morgan fingerprint density at radius 1 is 1.08 bits per heavy atom. The van der Waals surface area contributed by atoms with Crippen LogP contribution in [0.25, 0.3) is 0 Å². The molecule has 0 fully saturated rings. The van der Waals surface area contributed by atoms with Crippen molar-refractivity contribution in [1.82, 2.24) is 5.32 Å². The van der Waals surface area contributed by atoms with Crippen LogP contribution in [-0.2, 0) is 16.1 Å². The SMILES string of the molecule is O=Cc1ccc(OCC[C@H](NC(=O)OCc2ccccc2)C(=O)O)cc1. The van der Waals surface area contributed by atoms with Gasteiger partial charge in [0, 0.05) is 12.0 Å². The summed E-state index contributed by atoms with van der Waals surface area (Å²) in [6.45, 7) is 0.134. The van der Waals surface area contributed by atoms with E-state index < -0.39 is 18.1 Å². The van der Waals surface area contributed by atoms with E-state index in [9.17, 15) is 19.5 Å². The molecule has 0 bridgehead atoms. The zero-order chi connectivity index (χ0) is 18.8. The molecule has 1 atom stereocenters. The van der Waals surface area contributed by atoms with Gasteiger partial charge in [0.2, 0.25) is 0 Å². The maximum absolute atomic E-state index is 11.8. The summed E-state index contributed by atoms with van der Waals surface area (Å²) in [7, 11) is 0. The molecule has 2 N–H and O–H groups in total.